The third-order valence-corrected chi connectivity index (χ3v) is 16.4. The first-order valence-electron chi connectivity index (χ1n) is 23.8. The molecule has 0 radical (unpaired) electrons. The van der Waals surface area contributed by atoms with E-state index >= 15 is 0 Å². The molecule has 0 N–H and O–H groups in total. The van der Waals surface area contributed by atoms with Gasteiger partial charge in [-0.15, -0.1) is 70.0 Å². The normalized spacial score (nSPS) is 19.9. The van der Waals surface area contributed by atoms with E-state index in [0.717, 1.165) is 135 Å². The van der Waals surface area contributed by atoms with Crippen LogP contribution in [0.15, 0.2) is 80.5 Å². The maximum absolute atomic E-state index is 12.9. The van der Waals surface area contributed by atoms with Crippen LogP contribution in [0, 0.1) is 25.7 Å². The number of fused-ring (bicyclic) bond motifs is 2. The van der Waals surface area contributed by atoms with Crippen molar-refractivity contribution in [2.24, 2.45) is 25.9 Å². The topological polar surface area (TPSA) is 126 Å². The van der Waals surface area contributed by atoms with Gasteiger partial charge >= 0.3 is 12.4 Å². The number of aromatic nitrogens is 8. The molecule has 74 heavy (non-hydrogen) atoms. The van der Waals surface area contributed by atoms with Gasteiger partial charge in [0.2, 0.25) is 11.6 Å². The van der Waals surface area contributed by atoms with Crippen molar-refractivity contribution in [1.29, 1.82) is 0 Å². The molecule has 10 rings (SSSR count). The highest BCUT2D eigenvalue weighted by Gasteiger charge is 2.40. The van der Waals surface area contributed by atoms with Gasteiger partial charge in [-0.2, -0.15) is 26.3 Å². The standard InChI is InChI=1S/2C24H29F3N6OS.4ClH/c2*1-16-21(34-15-28-16)22-29-30-23(31(22)2)35-13-3-10-32-11-8-17-9-12-33(20(17)14-32)19-6-4-18(5-7-19)24(25,26)27;;;;/h2*4-7,15,17,20H,3,8-14H2,1-2H3;4*1H/t2*17-,20-;;;;/m10..../s1. The Morgan fingerprint density at radius 3 is 1.24 bits per heavy atom. The van der Waals surface area contributed by atoms with E-state index in [0.29, 0.717) is 47.1 Å². The van der Waals surface area contributed by atoms with Crippen LogP contribution in [0.4, 0.5) is 37.7 Å². The van der Waals surface area contributed by atoms with Gasteiger partial charge in [-0.25, -0.2) is 9.97 Å². The van der Waals surface area contributed by atoms with Crippen molar-refractivity contribution in [3.63, 3.8) is 0 Å². The number of thioether (sulfide) groups is 2. The SMILES string of the molecule is Cc1ncoc1-c1nnc(SCCCN2CC[C@@H]3CCN(c4ccc(C(F)(F)F)cc4)[C@@H]3C2)n1C.Cc1ncoc1-c1nnc(SCCCN2CC[C@H]3CCN(c4ccc(C(F)(F)F)cc4)[C@H]3C2)n1C.Cl.Cl.Cl.Cl. The van der Waals surface area contributed by atoms with Gasteiger partial charge in [-0.05, 0) is 139 Å². The Bertz CT molecular complexity index is 2490. The summed E-state index contributed by atoms with van der Waals surface area (Å²) in [5, 5.41) is 18.8. The lowest BCUT2D eigenvalue weighted by Crippen LogP contribution is -2.48. The molecule has 6 aromatic rings. The number of halogens is 10. The van der Waals surface area contributed by atoms with Gasteiger partial charge < -0.3 is 37.6 Å². The summed E-state index contributed by atoms with van der Waals surface area (Å²) in [6.45, 7) is 11.6. The zero-order valence-corrected chi connectivity index (χ0v) is 46.2. The molecule has 4 aliphatic heterocycles. The largest absolute Gasteiger partial charge is 0.440 e. The Morgan fingerprint density at radius 2 is 0.905 bits per heavy atom. The van der Waals surface area contributed by atoms with E-state index in [9.17, 15) is 26.3 Å². The first-order chi connectivity index (χ1) is 33.6. The lowest BCUT2D eigenvalue weighted by molar-refractivity contribution is -0.138. The second-order valence-corrected chi connectivity index (χ2v) is 20.7. The fourth-order valence-corrected chi connectivity index (χ4v) is 12.0. The summed E-state index contributed by atoms with van der Waals surface area (Å²) in [4.78, 5) is 17.8. The number of piperidine rings is 2. The minimum atomic E-state index is -4.30. The molecule has 4 atom stereocenters. The van der Waals surface area contributed by atoms with Crippen LogP contribution in [-0.2, 0) is 26.4 Å². The molecule has 0 spiro atoms. The Kier molecular flexibility index (Phi) is 21.8. The molecule has 4 fully saturated rings. The van der Waals surface area contributed by atoms with E-state index in [-0.39, 0.29) is 49.6 Å². The number of alkyl halides is 6. The van der Waals surface area contributed by atoms with Crippen LogP contribution in [0.1, 0.15) is 61.0 Å². The Balaban J connectivity index is 0.000000260. The second-order valence-electron chi connectivity index (χ2n) is 18.6. The zero-order valence-electron chi connectivity index (χ0n) is 41.3. The van der Waals surface area contributed by atoms with Crippen LogP contribution in [0.3, 0.4) is 0 Å². The number of likely N-dealkylation sites (tertiary alicyclic amines) is 2. The van der Waals surface area contributed by atoms with E-state index < -0.39 is 23.5 Å². The number of aryl methyl sites for hydroxylation is 2. The molecule has 0 amide bonds. The van der Waals surface area contributed by atoms with E-state index in [2.05, 4.69) is 50.0 Å². The summed E-state index contributed by atoms with van der Waals surface area (Å²) in [5.41, 5.74) is 2.18. The highest BCUT2D eigenvalue weighted by molar-refractivity contribution is 7.99. The lowest BCUT2D eigenvalue weighted by Gasteiger charge is -2.39. The molecule has 4 aliphatic rings. The fourth-order valence-electron chi connectivity index (χ4n) is 10.4. The lowest BCUT2D eigenvalue weighted by atomic mass is 9.92. The summed E-state index contributed by atoms with van der Waals surface area (Å²) in [6, 6.07) is 12.0. The zero-order chi connectivity index (χ0) is 49.2. The molecule has 0 saturated carbocycles. The van der Waals surface area contributed by atoms with Crippen molar-refractivity contribution in [2.45, 2.75) is 87.1 Å². The maximum atomic E-state index is 12.9. The molecular weight excluding hydrogens is 1100 g/mol. The monoisotopic (exact) mass is 1160 g/mol. The average Bonchev–Trinajstić information content (AvgIpc) is 4.23. The summed E-state index contributed by atoms with van der Waals surface area (Å²) >= 11 is 3.36. The molecule has 2 aromatic carbocycles. The van der Waals surface area contributed by atoms with Crippen molar-refractivity contribution < 1.29 is 35.2 Å². The number of hydrogen-bond donors (Lipinski definition) is 0. The van der Waals surface area contributed by atoms with Crippen LogP contribution in [0.25, 0.3) is 23.2 Å². The Morgan fingerprint density at radius 1 is 0.541 bits per heavy atom. The number of oxazole rings is 2. The van der Waals surface area contributed by atoms with Crippen molar-refractivity contribution in [3.05, 3.63) is 83.8 Å². The Labute approximate surface area is 460 Å². The molecule has 0 bridgehead atoms. The van der Waals surface area contributed by atoms with Crippen molar-refractivity contribution >= 4 is 84.5 Å². The predicted molar refractivity (Wildman–Crippen MR) is 286 cm³/mol. The van der Waals surface area contributed by atoms with Crippen molar-refractivity contribution in [2.75, 3.05) is 73.7 Å². The number of nitrogens with zero attached hydrogens (tertiary/aromatic N) is 12. The van der Waals surface area contributed by atoms with E-state index in [1.54, 1.807) is 47.8 Å². The Hall–Kier alpha value is -3.90. The van der Waals surface area contributed by atoms with Gasteiger partial charge in [0.25, 0.3) is 0 Å². The second kappa shape index (κ2) is 26.4. The van der Waals surface area contributed by atoms with Gasteiger partial charge in [0.15, 0.2) is 34.6 Å². The molecule has 0 unspecified atom stereocenters. The quantitative estimate of drug-likeness (QED) is 0.0583. The smallest absolute Gasteiger partial charge is 0.416 e. The van der Waals surface area contributed by atoms with Crippen LogP contribution < -0.4 is 9.80 Å². The highest BCUT2D eigenvalue weighted by atomic mass is 35.5. The molecule has 4 saturated heterocycles. The molecule has 8 heterocycles. The maximum Gasteiger partial charge on any atom is 0.416 e. The van der Waals surface area contributed by atoms with Gasteiger partial charge in [0.1, 0.15) is 0 Å². The van der Waals surface area contributed by atoms with Crippen LogP contribution >= 0.6 is 73.2 Å². The average molecular weight is 1160 g/mol. The predicted octanol–water partition coefficient (Wildman–Crippen LogP) is 11.4. The van der Waals surface area contributed by atoms with Gasteiger partial charge in [0, 0.05) is 75.2 Å². The number of rotatable bonds is 14. The van der Waals surface area contributed by atoms with E-state index in [4.69, 9.17) is 8.83 Å². The molecular formula is C48H62Cl4F6N12O2S2. The minimum Gasteiger partial charge on any atom is -0.440 e. The minimum absolute atomic E-state index is 0. The summed E-state index contributed by atoms with van der Waals surface area (Å²) < 4.78 is 92.4. The van der Waals surface area contributed by atoms with Crippen LogP contribution in [0.5, 0.6) is 0 Å². The van der Waals surface area contributed by atoms with Crippen molar-refractivity contribution in [1.82, 2.24) is 49.3 Å². The highest BCUT2D eigenvalue weighted by Crippen LogP contribution is 2.39. The van der Waals surface area contributed by atoms with Gasteiger partial charge in [-0.1, -0.05) is 23.5 Å². The van der Waals surface area contributed by atoms with Crippen LogP contribution in [-0.4, -0.2) is 125 Å². The fraction of sp³-hybridized carbons (Fsp3) is 0.542. The third kappa shape index (κ3) is 14.0. The van der Waals surface area contributed by atoms with Crippen molar-refractivity contribution in [3.8, 4) is 23.2 Å². The number of hydrogen-bond acceptors (Lipinski definition) is 14. The van der Waals surface area contributed by atoms with Crippen LogP contribution in [0.2, 0.25) is 0 Å². The first kappa shape index (κ1) is 61.0. The van der Waals surface area contributed by atoms with E-state index in [1.807, 2.05) is 37.1 Å². The summed E-state index contributed by atoms with van der Waals surface area (Å²) in [5.74, 6) is 5.71. The molecule has 408 valence electrons. The molecule has 0 aliphatic carbocycles. The molecule has 4 aromatic heterocycles. The molecule has 14 nitrogen and oxygen atoms in total. The summed E-state index contributed by atoms with van der Waals surface area (Å²) in [6.07, 6.45) is 0.758. The summed E-state index contributed by atoms with van der Waals surface area (Å²) in [7, 11) is 3.86. The number of anilines is 2. The third-order valence-electron chi connectivity index (χ3n) is 14.2. The van der Waals surface area contributed by atoms with Gasteiger partial charge in [-0.3, -0.25) is 0 Å². The first-order valence-corrected chi connectivity index (χ1v) is 25.8. The molecule has 26 heteroatoms. The van der Waals surface area contributed by atoms with Gasteiger partial charge in [0.05, 0.1) is 22.5 Å². The number of benzene rings is 2. The van der Waals surface area contributed by atoms with E-state index in [1.165, 1.54) is 37.1 Å².